The Kier molecular flexibility index (Phi) is 4.72. The van der Waals surface area contributed by atoms with Gasteiger partial charge in [-0.3, -0.25) is 0 Å². The van der Waals surface area contributed by atoms with Gasteiger partial charge in [-0.15, -0.1) is 11.3 Å². The van der Waals surface area contributed by atoms with Crippen LogP contribution in [0.25, 0.3) is 97.1 Å². The fourth-order valence-corrected chi connectivity index (χ4v) is 8.93. The minimum Gasteiger partial charge on any atom is -0.455 e. The Balaban J connectivity index is 1.45. The third-order valence-electron chi connectivity index (χ3n) is 9.68. The first-order valence-corrected chi connectivity index (χ1v) is 16.4. The van der Waals surface area contributed by atoms with Crippen molar-refractivity contribution >= 4 is 97.1 Å². The molecule has 46 heavy (non-hydrogen) atoms. The van der Waals surface area contributed by atoms with Crippen LogP contribution in [0.1, 0.15) is 0 Å². The van der Waals surface area contributed by atoms with Crippen LogP contribution in [0.5, 0.6) is 0 Å². The minimum absolute atomic E-state index is 0.902. The molecule has 3 nitrogen and oxygen atoms in total. The van der Waals surface area contributed by atoms with E-state index in [1.165, 1.54) is 58.4 Å². The SMILES string of the molecule is c1ccc(-n2c3ccccc3c3c4c(c5ccccc5n4-c4ccc5sc6ccccc6c5c4)c4oc5ccccc5c4c32)cc1. The zero-order chi connectivity index (χ0) is 29.9. The lowest BCUT2D eigenvalue weighted by Crippen LogP contribution is -1.96. The Bertz CT molecular complexity index is 3030. The van der Waals surface area contributed by atoms with E-state index in [4.69, 9.17) is 4.42 Å². The Morgan fingerprint density at radius 2 is 0.978 bits per heavy atom. The molecule has 4 aromatic heterocycles. The second-order valence-electron chi connectivity index (χ2n) is 12.1. The van der Waals surface area contributed by atoms with Crippen LogP contribution in [0.4, 0.5) is 0 Å². The van der Waals surface area contributed by atoms with Crippen LogP contribution in [-0.4, -0.2) is 9.13 Å². The number of nitrogens with zero attached hydrogens (tertiary/aromatic N) is 2. The van der Waals surface area contributed by atoms with Crippen molar-refractivity contribution in [1.29, 1.82) is 0 Å². The van der Waals surface area contributed by atoms with Crippen molar-refractivity contribution in [2.45, 2.75) is 0 Å². The molecule has 0 bridgehead atoms. The average Bonchev–Trinajstić information content (AvgIpc) is 3.85. The fourth-order valence-electron chi connectivity index (χ4n) is 7.85. The molecule has 0 fully saturated rings. The number of aromatic nitrogens is 2. The number of para-hydroxylation sites is 4. The Hall–Kier alpha value is -5.84. The van der Waals surface area contributed by atoms with Gasteiger partial charge in [-0.05, 0) is 54.6 Å². The summed E-state index contributed by atoms with van der Waals surface area (Å²) < 4.78 is 14.4. The molecule has 0 aliphatic heterocycles. The zero-order valence-electron chi connectivity index (χ0n) is 24.6. The molecule has 11 aromatic rings. The van der Waals surface area contributed by atoms with E-state index in [9.17, 15) is 0 Å². The molecule has 214 valence electrons. The number of fused-ring (bicyclic) bond motifs is 15. The van der Waals surface area contributed by atoms with E-state index in [-0.39, 0.29) is 0 Å². The summed E-state index contributed by atoms with van der Waals surface area (Å²) in [5.74, 6) is 0. The number of rotatable bonds is 2. The number of hydrogen-bond donors (Lipinski definition) is 0. The molecule has 0 aliphatic rings. The molecule has 0 saturated carbocycles. The second-order valence-corrected chi connectivity index (χ2v) is 13.2. The first kappa shape index (κ1) is 24.5. The molecule has 4 heterocycles. The van der Waals surface area contributed by atoms with Crippen LogP contribution in [0.15, 0.2) is 150 Å². The molecule has 0 saturated heterocycles. The van der Waals surface area contributed by atoms with Crippen molar-refractivity contribution in [2.75, 3.05) is 0 Å². The highest BCUT2D eigenvalue weighted by atomic mass is 32.1. The van der Waals surface area contributed by atoms with Crippen LogP contribution in [0, 0.1) is 0 Å². The lowest BCUT2D eigenvalue weighted by atomic mass is 10.0. The van der Waals surface area contributed by atoms with Gasteiger partial charge in [-0.25, -0.2) is 0 Å². The first-order chi connectivity index (χ1) is 22.8. The Morgan fingerprint density at radius 1 is 0.413 bits per heavy atom. The van der Waals surface area contributed by atoms with Crippen LogP contribution >= 0.6 is 11.3 Å². The molecule has 7 aromatic carbocycles. The fraction of sp³-hybridized carbons (Fsp3) is 0. The van der Waals surface area contributed by atoms with E-state index in [0.29, 0.717) is 0 Å². The molecular weight excluding hydrogens is 581 g/mol. The number of benzene rings is 7. The summed E-state index contributed by atoms with van der Waals surface area (Å²) in [6.07, 6.45) is 0. The zero-order valence-corrected chi connectivity index (χ0v) is 25.4. The van der Waals surface area contributed by atoms with Gasteiger partial charge in [0.05, 0.1) is 32.8 Å². The van der Waals surface area contributed by atoms with Gasteiger partial charge in [-0.2, -0.15) is 0 Å². The normalized spacial score (nSPS) is 12.3. The number of thiophene rings is 1. The topological polar surface area (TPSA) is 23.0 Å². The Labute approximate surface area is 266 Å². The van der Waals surface area contributed by atoms with Crippen molar-refractivity contribution in [3.05, 3.63) is 146 Å². The summed E-state index contributed by atoms with van der Waals surface area (Å²) in [5, 5.41) is 9.68. The third-order valence-corrected chi connectivity index (χ3v) is 10.8. The maximum atomic E-state index is 6.91. The lowest BCUT2D eigenvalue weighted by molar-refractivity contribution is 0.673. The highest BCUT2D eigenvalue weighted by Crippen LogP contribution is 2.49. The van der Waals surface area contributed by atoms with E-state index < -0.39 is 0 Å². The molecule has 0 radical (unpaired) electrons. The second kappa shape index (κ2) is 8.87. The largest absolute Gasteiger partial charge is 0.455 e. The summed E-state index contributed by atoms with van der Waals surface area (Å²) in [5.41, 5.74) is 8.81. The molecule has 0 N–H and O–H groups in total. The van der Waals surface area contributed by atoms with Crippen LogP contribution in [0.3, 0.4) is 0 Å². The summed E-state index contributed by atoms with van der Waals surface area (Å²) in [4.78, 5) is 0. The predicted molar refractivity (Wildman–Crippen MR) is 195 cm³/mol. The molecule has 0 aliphatic carbocycles. The van der Waals surface area contributed by atoms with Crippen molar-refractivity contribution < 1.29 is 4.42 Å². The van der Waals surface area contributed by atoms with Gasteiger partial charge in [-0.1, -0.05) is 91.0 Å². The van der Waals surface area contributed by atoms with Gasteiger partial charge >= 0.3 is 0 Å². The van der Waals surface area contributed by atoms with E-state index >= 15 is 0 Å². The molecule has 4 heteroatoms. The molecule has 11 rings (SSSR count). The standard InChI is InChI=1S/C42H24N2OS/c1-2-12-25(13-3-1)43-32-18-8-4-15-28(32)37-40-38(42-39(41(37)43)30-17-6-10-20-34(30)45-42)29-16-5-9-19-33(29)44(40)26-22-23-36-31(24-26)27-14-7-11-21-35(27)46-36/h1-24H. The van der Waals surface area contributed by atoms with Gasteiger partial charge in [0.2, 0.25) is 0 Å². The summed E-state index contributed by atoms with van der Waals surface area (Å²) in [6.45, 7) is 0. The van der Waals surface area contributed by atoms with Gasteiger partial charge < -0.3 is 13.6 Å². The van der Waals surface area contributed by atoms with Crippen molar-refractivity contribution in [2.24, 2.45) is 0 Å². The van der Waals surface area contributed by atoms with Gasteiger partial charge in [0.15, 0.2) is 0 Å². The van der Waals surface area contributed by atoms with E-state index in [2.05, 4.69) is 155 Å². The van der Waals surface area contributed by atoms with Crippen molar-refractivity contribution in [3.8, 4) is 11.4 Å². The number of hydrogen-bond acceptors (Lipinski definition) is 2. The summed E-state index contributed by atoms with van der Waals surface area (Å²) in [7, 11) is 0. The average molecular weight is 605 g/mol. The van der Waals surface area contributed by atoms with Crippen molar-refractivity contribution in [3.63, 3.8) is 0 Å². The lowest BCUT2D eigenvalue weighted by Gasteiger charge is -2.11. The van der Waals surface area contributed by atoms with Crippen molar-refractivity contribution in [1.82, 2.24) is 9.13 Å². The highest BCUT2D eigenvalue weighted by Gasteiger charge is 2.27. The van der Waals surface area contributed by atoms with Crippen LogP contribution in [-0.2, 0) is 0 Å². The monoisotopic (exact) mass is 604 g/mol. The highest BCUT2D eigenvalue weighted by molar-refractivity contribution is 7.25. The molecular formula is C42H24N2OS. The number of furan rings is 1. The predicted octanol–water partition coefficient (Wildman–Crippen LogP) is 12.1. The third kappa shape index (κ3) is 3.06. The Morgan fingerprint density at radius 3 is 1.76 bits per heavy atom. The first-order valence-electron chi connectivity index (χ1n) is 15.6. The minimum atomic E-state index is 0.902. The van der Waals surface area contributed by atoms with Gasteiger partial charge in [0.1, 0.15) is 11.2 Å². The molecule has 0 amide bonds. The smallest absolute Gasteiger partial charge is 0.147 e. The quantitative estimate of drug-likeness (QED) is 0.192. The molecule has 0 unspecified atom stereocenters. The van der Waals surface area contributed by atoms with Gasteiger partial charge in [0.25, 0.3) is 0 Å². The van der Waals surface area contributed by atoms with Gasteiger partial charge in [0, 0.05) is 53.1 Å². The molecule has 0 atom stereocenters. The molecule has 0 spiro atoms. The van der Waals surface area contributed by atoms with Crippen LogP contribution < -0.4 is 0 Å². The van der Waals surface area contributed by atoms with E-state index in [0.717, 1.165) is 38.7 Å². The summed E-state index contributed by atoms with van der Waals surface area (Å²) in [6, 6.07) is 52.5. The maximum absolute atomic E-state index is 6.91. The maximum Gasteiger partial charge on any atom is 0.147 e. The summed E-state index contributed by atoms with van der Waals surface area (Å²) >= 11 is 1.86. The van der Waals surface area contributed by atoms with E-state index in [1.807, 2.05) is 11.3 Å². The van der Waals surface area contributed by atoms with E-state index in [1.54, 1.807) is 0 Å². The van der Waals surface area contributed by atoms with Crippen LogP contribution in [0.2, 0.25) is 0 Å².